The van der Waals surface area contributed by atoms with Crippen LogP contribution in [0.25, 0.3) is 0 Å². The Kier molecular flexibility index (Phi) is 46.2. The number of unbranched alkanes of at least 4 members (excludes halogenated alkanes) is 29. The lowest BCUT2D eigenvalue weighted by molar-refractivity contribution is -0.143. The van der Waals surface area contributed by atoms with Gasteiger partial charge in [0.1, 0.15) is 0 Å². The molecule has 1 amide bonds. The van der Waals surface area contributed by atoms with Gasteiger partial charge in [0, 0.05) is 12.8 Å². The van der Waals surface area contributed by atoms with Crippen LogP contribution in [0.3, 0.4) is 0 Å². The first kappa shape index (κ1) is 56.1. The molecule has 340 valence electrons. The summed E-state index contributed by atoms with van der Waals surface area (Å²) in [6.07, 6.45) is 56.9. The Labute approximate surface area is 360 Å². The van der Waals surface area contributed by atoms with E-state index in [1.165, 1.54) is 141 Å². The average Bonchev–Trinajstić information content (AvgIpc) is 3.22. The fourth-order valence-corrected chi connectivity index (χ4v) is 7.49. The van der Waals surface area contributed by atoms with Crippen LogP contribution in [0.1, 0.15) is 258 Å². The highest BCUT2D eigenvalue weighted by molar-refractivity contribution is 5.76. The molecule has 3 N–H and O–H groups in total. The Morgan fingerprint density at radius 1 is 0.483 bits per heavy atom. The molecule has 0 heterocycles. The largest absolute Gasteiger partial charge is 0.466 e. The third-order valence-corrected chi connectivity index (χ3v) is 11.4. The SMILES string of the molecule is CCCCCCC/C=C\CCCCCCCC(=O)OCCCCC/C=C\C/C=C\CCCCCCCCCC(=O)NC(CO)C(O)CCCCCCCCCCCC. The Balaban J connectivity index is 3.50. The molecule has 0 saturated carbocycles. The number of hydrogen-bond donors (Lipinski definition) is 3. The maximum atomic E-state index is 12.4. The summed E-state index contributed by atoms with van der Waals surface area (Å²) >= 11 is 0. The second-order valence-electron chi connectivity index (χ2n) is 17.1. The van der Waals surface area contributed by atoms with Crippen molar-refractivity contribution in [1.29, 1.82) is 0 Å². The second kappa shape index (κ2) is 47.8. The van der Waals surface area contributed by atoms with Crippen molar-refractivity contribution in [3.63, 3.8) is 0 Å². The summed E-state index contributed by atoms with van der Waals surface area (Å²) in [4.78, 5) is 24.4. The van der Waals surface area contributed by atoms with Crippen molar-refractivity contribution < 1.29 is 24.5 Å². The molecule has 58 heavy (non-hydrogen) atoms. The van der Waals surface area contributed by atoms with Gasteiger partial charge >= 0.3 is 5.97 Å². The highest BCUT2D eigenvalue weighted by atomic mass is 16.5. The van der Waals surface area contributed by atoms with Crippen LogP contribution in [0.5, 0.6) is 0 Å². The summed E-state index contributed by atoms with van der Waals surface area (Å²) in [6.45, 7) is 4.87. The summed E-state index contributed by atoms with van der Waals surface area (Å²) in [5.41, 5.74) is 0. The van der Waals surface area contributed by atoms with E-state index in [1.54, 1.807) is 0 Å². The average molecular weight is 816 g/mol. The van der Waals surface area contributed by atoms with Gasteiger partial charge in [0.2, 0.25) is 5.91 Å². The highest BCUT2D eigenvalue weighted by Gasteiger charge is 2.20. The van der Waals surface area contributed by atoms with Crippen LogP contribution in [0.2, 0.25) is 0 Å². The van der Waals surface area contributed by atoms with Gasteiger partial charge in [0.15, 0.2) is 0 Å². The van der Waals surface area contributed by atoms with Crippen molar-refractivity contribution in [1.82, 2.24) is 5.32 Å². The normalized spacial score (nSPS) is 13.0. The minimum absolute atomic E-state index is 0.0248. The monoisotopic (exact) mass is 816 g/mol. The van der Waals surface area contributed by atoms with Crippen molar-refractivity contribution in [3.8, 4) is 0 Å². The first-order valence-electron chi connectivity index (χ1n) is 25.2. The Hall–Kier alpha value is -1.92. The van der Waals surface area contributed by atoms with E-state index >= 15 is 0 Å². The first-order valence-corrected chi connectivity index (χ1v) is 25.2. The van der Waals surface area contributed by atoms with Crippen LogP contribution < -0.4 is 5.32 Å². The van der Waals surface area contributed by atoms with Crippen molar-refractivity contribution in [3.05, 3.63) is 36.5 Å². The van der Waals surface area contributed by atoms with E-state index in [9.17, 15) is 19.8 Å². The molecule has 0 radical (unpaired) electrons. The fraction of sp³-hybridized carbons (Fsp3) is 0.846. The van der Waals surface area contributed by atoms with Crippen LogP contribution in [0.15, 0.2) is 36.5 Å². The summed E-state index contributed by atoms with van der Waals surface area (Å²) in [5, 5.41) is 23.1. The molecule has 2 unspecified atom stereocenters. The quantitative estimate of drug-likeness (QED) is 0.0323. The number of ether oxygens (including phenoxy) is 1. The third-order valence-electron chi connectivity index (χ3n) is 11.4. The molecule has 0 aliphatic carbocycles. The van der Waals surface area contributed by atoms with Crippen molar-refractivity contribution in [2.45, 2.75) is 270 Å². The maximum absolute atomic E-state index is 12.4. The Bertz CT molecular complexity index is 946. The molecular weight excluding hydrogens is 719 g/mol. The summed E-state index contributed by atoms with van der Waals surface area (Å²) < 4.78 is 5.43. The van der Waals surface area contributed by atoms with Crippen LogP contribution >= 0.6 is 0 Å². The predicted octanol–water partition coefficient (Wildman–Crippen LogP) is 14.9. The molecule has 0 aromatic carbocycles. The van der Waals surface area contributed by atoms with Gasteiger partial charge in [-0.05, 0) is 89.9 Å². The summed E-state index contributed by atoms with van der Waals surface area (Å²) in [7, 11) is 0. The van der Waals surface area contributed by atoms with Crippen LogP contribution in [-0.2, 0) is 14.3 Å². The molecule has 6 heteroatoms. The van der Waals surface area contributed by atoms with E-state index in [4.69, 9.17) is 4.74 Å². The van der Waals surface area contributed by atoms with Gasteiger partial charge in [-0.3, -0.25) is 9.59 Å². The Morgan fingerprint density at radius 3 is 1.33 bits per heavy atom. The van der Waals surface area contributed by atoms with E-state index < -0.39 is 12.1 Å². The molecule has 0 aromatic heterocycles. The van der Waals surface area contributed by atoms with Gasteiger partial charge in [-0.1, -0.05) is 192 Å². The molecule has 0 bridgehead atoms. The lowest BCUT2D eigenvalue weighted by atomic mass is 10.0. The van der Waals surface area contributed by atoms with E-state index in [1.807, 2.05) is 0 Å². The number of aliphatic hydroxyl groups excluding tert-OH is 2. The lowest BCUT2D eigenvalue weighted by Crippen LogP contribution is -2.45. The zero-order valence-electron chi connectivity index (χ0n) is 38.5. The van der Waals surface area contributed by atoms with E-state index in [2.05, 4.69) is 55.6 Å². The second-order valence-corrected chi connectivity index (χ2v) is 17.1. The van der Waals surface area contributed by atoms with Gasteiger partial charge in [0.25, 0.3) is 0 Å². The number of carbonyl (C=O) groups is 2. The van der Waals surface area contributed by atoms with Gasteiger partial charge < -0.3 is 20.3 Å². The summed E-state index contributed by atoms with van der Waals surface area (Å²) in [5.74, 6) is -0.0790. The van der Waals surface area contributed by atoms with Crippen LogP contribution in [0, 0.1) is 0 Å². The number of nitrogens with one attached hydrogen (secondary N) is 1. The van der Waals surface area contributed by atoms with E-state index in [0.29, 0.717) is 25.9 Å². The lowest BCUT2D eigenvalue weighted by Gasteiger charge is -2.22. The van der Waals surface area contributed by atoms with E-state index in [-0.39, 0.29) is 18.5 Å². The minimum Gasteiger partial charge on any atom is -0.466 e. The fourth-order valence-electron chi connectivity index (χ4n) is 7.49. The van der Waals surface area contributed by atoms with Gasteiger partial charge in [-0.2, -0.15) is 0 Å². The molecule has 6 nitrogen and oxygen atoms in total. The first-order chi connectivity index (χ1) is 28.5. The molecular formula is C52H97NO5. The highest BCUT2D eigenvalue weighted by Crippen LogP contribution is 2.15. The van der Waals surface area contributed by atoms with Gasteiger partial charge in [0.05, 0.1) is 25.4 Å². The van der Waals surface area contributed by atoms with Gasteiger partial charge in [-0.25, -0.2) is 0 Å². The molecule has 0 aromatic rings. The van der Waals surface area contributed by atoms with Crippen LogP contribution in [-0.4, -0.2) is 47.4 Å². The minimum atomic E-state index is -0.673. The zero-order chi connectivity index (χ0) is 42.3. The zero-order valence-corrected chi connectivity index (χ0v) is 38.5. The van der Waals surface area contributed by atoms with E-state index in [0.717, 1.165) is 83.5 Å². The molecule has 0 aliphatic rings. The Morgan fingerprint density at radius 2 is 0.862 bits per heavy atom. The number of rotatable bonds is 46. The smallest absolute Gasteiger partial charge is 0.305 e. The molecule has 0 aliphatic heterocycles. The molecule has 0 rings (SSSR count). The van der Waals surface area contributed by atoms with Crippen molar-refractivity contribution in [2.75, 3.05) is 13.2 Å². The number of amides is 1. The summed E-state index contributed by atoms with van der Waals surface area (Å²) in [6, 6.07) is -0.552. The number of aliphatic hydroxyl groups is 2. The standard InChI is InChI=1S/C52H97NO5/c1-3-5-7-9-11-13-15-16-23-26-30-34-38-42-46-52(57)58-47-43-39-35-31-27-24-21-19-17-18-20-22-25-29-33-37-41-45-51(56)53-49(48-54)50(55)44-40-36-32-28-14-12-10-8-6-4-2/h15-17,19,24,27,49-50,54-55H,3-14,18,20-23,25-26,28-48H2,1-2H3,(H,53,56)/b16-15-,19-17-,27-24-. The molecule has 2 atom stereocenters. The van der Waals surface area contributed by atoms with Crippen LogP contribution in [0.4, 0.5) is 0 Å². The number of allylic oxidation sites excluding steroid dienone is 6. The van der Waals surface area contributed by atoms with Crippen molar-refractivity contribution in [2.24, 2.45) is 0 Å². The number of carbonyl (C=O) groups excluding carboxylic acids is 2. The molecule has 0 fully saturated rings. The molecule has 0 spiro atoms. The third kappa shape index (κ3) is 43.7. The predicted molar refractivity (Wildman–Crippen MR) is 250 cm³/mol. The molecule has 0 saturated heterocycles. The number of hydrogen-bond acceptors (Lipinski definition) is 5. The topological polar surface area (TPSA) is 95.9 Å². The van der Waals surface area contributed by atoms with Crippen molar-refractivity contribution >= 4 is 11.9 Å². The number of esters is 1. The maximum Gasteiger partial charge on any atom is 0.305 e. The van der Waals surface area contributed by atoms with Gasteiger partial charge in [-0.15, -0.1) is 0 Å².